The van der Waals surface area contributed by atoms with Crippen LogP contribution in [-0.2, 0) is 23.8 Å². The SMILES string of the molecule is CC(=O)O[C@@H]1C[C@@]23C[C@@]24CC[C@H](O[C@@H]2OC[C@H](O)[C@H](O)[C@H]2O)C(C)(C)[C@H]4CC[C@H]3[C@]2(C)C[C@]3(O)[C@@H](O)C(=O)C[C@@H](C)[C@@H]3[C@@]12C. The third kappa shape index (κ3) is 3.62. The molecule has 0 amide bonds. The molecule has 0 aromatic rings. The molecule has 0 aromatic carbocycles. The summed E-state index contributed by atoms with van der Waals surface area (Å²) in [7, 11) is 0. The molecule has 0 radical (unpaired) electrons. The molecule has 6 saturated carbocycles. The van der Waals surface area contributed by atoms with Crippen LogP contribution >= 0.6 is 0 Å². The number of hydrogen-bond donors (Lipinski definition) is 5. The van der Waals surface area contributed by atoms with Gasteiger partial charge in [0.05, 0.1) is 12.7 Å². The lowest BCUT2D eigenvalue weighted by Gasteiger charge is -2.65. The molecule has 7 rings (SSSR count). The number of fused-ring (bicyclic) bond motifs is 4. The molecule has 10 nitrogen and oxygen atoms in total. The van der Waals surface area contributed by atoms with Gasteiger partial charge >= 0.3 is 5.97 Å². The van der Waals surface area contributed by atoms with Gasteiger partial charge < -0.3 is 39.7 Å². The number of carbonyl (C=O) groups excluding carboxylic acids is 2. The number of hydrogen-bond acceptors (Lipinski definition) is 10. The first-order chi connectivity index (χ1) is 20.4. The van der Waals surface area contributed by atoms with Gasteiger partial charge in [-0.15, -0.1) is 0 Å². The average Bonchev–Trinajstić information content (AvgIpc) is 3.53. The molecule has 1 heterocycles. The van der Waals surface area contributed by atoms with Crippen molar-refractivity contribution in [3.63, 3.8) is 0 Å². The Balaban J connectivity index is 1.23. The van der Waals surface area contributed by atoms with Gasteiger partial charge in [-0.25, -0.2) is 0 Å². The van der Waals surface area contributed by atoms with Gasteiger partial charge in [0.2, 0.25) is 0 Å². The first-order valence-corrected chi connectivity index (χ1v) is 16.8. The van der Waals surface area contributed by atoms with E-state index in [1.54, 1.807) is 0 Å². The molecule has 6 aliphatic carbocycles. The molecular weight excluding hydrogens is 568 g/mol. The highest BCUT2D eigenvalue weighted by molar-refractivity contribution is 5.85. The van der Waals surface area contributed by atoms with Crippen LogP contribution in [0.15, 0.2) is 0 Å². The van der Waals surface area contributed by atoms with Crippen molar-refractivity contribution in [2.45, 2.75) is 141 Å². The van der Waals surface area contributed by atoms with Crippen molar-refractivity contribution in [1.29, 1.82) is 0 Å². The maximum atomic E-state index is 12.9. The Labute approximate surface area is 259 Å². The molecule has 248 valence electrons. The number of Topliss-reactive ketones (excluding diaryl/α,β-unsaturated/α-hetero) is 1. The summed E-state index contributed by atoms with van der Waals surface area (Å²) in [4.78, 5) is 25.6. The fraction of sp³-hybridized carbons (Fsp3) is 0.941. The lowest BCUT2D eigenvalue weighted by atomic mass is 9.41. The average molecular weight is 621 g/mol. The van der Waals surface area contributed by atoms with Crippen LogP contribution in [0.4, 0.5) is 0 Å². The highest BCUT2D eigenvalue weighted by atomic mass is 16.7. The molecule has 2 spiro atoms. The monoisotopic (exact) mass is 620 g/mol. The predicted molar refractivity (Wildman–Crippen MR) is 156 cm³/mol. The van der Waals surface area contributed by atoms with Gasteiger partial charge in [-0.2, -0.15) is 0 Å². The Morgan fingerprint density at radius 1 is 0.932 bits per heavy atom. The minimum absolute atomic E-state index is 0.000193. The zero-order valence-corrected chi connectivity index (χ0v) is 27.0. The van der Waals surface area contributed by atoms with Gasteiger partial charge in [0.1, 0.15) is 36.1 Å². The second kappa shape index (κ2) is 9.48. The van der Waals surface area contributed by atoms with Crippen molar-refractivity contribution in [1.82, 2.24) is 0 Å². The van der Waals surface area contributed by atoms with Gasteiger partial charge in [-0.3, -0.25) is 9.59 Å². The molecule has 7 aliphatic rings. The molecule has 0 aromatic heterocycles. The first-order valence-electron chi connectivity index (χ1n) is 16.8. The lowest BCUT2D eigenvalue weighted by Crippen LogP contribution is -2.65. The van der Waals surface area contributed by atoms with Crippen molar-refractivity contribution >= 4 is 11.8 Å². The van der Waals surface area contributed by atoms with E-state index in [4.69, 9.17) is 14.2 Å². The topological polar surface area (TPSA) is 163 Å². The maximum absolute atomic E-state index is 12.9. The van der Waals surface area contributed by atoms with E-state index in [1.165, 1.54) is 6.92 Å². The minimum atomic E-state index is -1.56. The van der Waals surface area contributed by atoms with Crippen LogP contribution < -0.4 is 0 Å². The molecule has 44 heavy (non-hydrogen) atoms. The van der Waals surface area contributed by atoms with Crippen molar-refractivity contribution in [3.05, 3.63) is 0 Å². The fourth-order valence-electron chi connectivity index (χ4n) is 13.5. The maximum Gasteiger partial charge on any atom is 0.302 e. The Kier molecular flexibility index (Phi) is 6.78. The Bertz CT molecular complexity index is 1240. The van der Waals surface area contributed by atoms with Gasteiger partial charge in [-0.1, -0.05) is 34.6 Å². The number of ketones is 1. The summed E-state index contributed by atoms with van der Waals surface area (Å²) in [5, 5.41) is 54.3. The standard InChI is InChI=1S/C34H52O10/c1-16-11-18(36)27(40)34(41)14-30(5)21-8-7-20-29(3,4)22(44-28-25(39)24(38)19(37)13-42-28)9-10-32(20)15-33(21,32)12-23(43-17(2)35)31(30,6)26(16)34/h16,19-28,37-41H,7-15H2,1-6H3/t16-,19+,20-,21+,22+,23-,24+,25-,26-,27+,28+,30+,31-,32-,33+,34-/m1/s1. The summed E-state index contributed by atoms with van der Waals surface area (Å²) in [6.45, 7) is 12.2. The number of rotatable bonds is 3. The van der Waals surface area contributed by atoms with Crippen LogP contribution in [0, 0.1) is 50.7 Å². The van der Waals surface area contributed by atoms with Crippen LogP contribution in [0.1, 0.15) is 92.9 Å². The van der Waals surface area contributed by atoms with Crippen LogP contribution in [0.5, 0.6) is 0 Å². The van der Waals surface area contributed by atoms with Gasteiger partial charge in [0.25, 0.3) is 0 Å². The van der Waals surface area contributed by atoms with Crippen molar-refractivity contribution in [3.8, 4) is 0 Å². The van der Waals surface area contributed by atoms with E-state index in [1.807, 2.05) is 6.92 Å². The summed E-state index contributed by atoms with van der Waals surface area (Å²) >= 11 is 0. The molecule has 0 bridgehead atoms. The summed E-state index contributed by atoms with van der Waals surface area (Å²) in [6, 6.07) is 0. The molecule has 16 atom stereocenters. The Morgan fingerprint density at radius 3 is 2.30 bits per heavy atom. The summed E-state index contributed by atoms with van der Waals surface area (Å²) < 4.78 is 18.3. The van der Waals surface area contributed by atoms with Gasteiger partial charge in [0.15, 0.2) is 12.1 Å². The molecule has 5 N–H and O–H groups in total. The van der Waals surface area contributed by atoms with E-state index in [0.29, 0.717) is 18.8 Å². The molecule has 10 heteroatoms. The summed E-state index contributed by atoms with van der Waals surface area (Å²) in [5.74, 6) is -0.643. The zero-order chi connectivity index (χ0) is 32.0. The summed E-state index contributed by atoms with van der Waals surface area (Å²) in [6.07, 6.45) is -1.19. The smallest absolute Gasteiger partial charge is 0.302 e. The van der Waals surface area contributed by atoms with Gasteiger partial charge in [-0.05, 0) is 84.4 Å². The largest absolute Gasteiger partial charge is 0.462 e. The van der Waals surface area contributed by atoms with E-state index >= 15 is 0 Å². The highest BCUT2D eigenvalue weighted by Crippen LogP contribution is 2.90. The second-order valence-electron chi connectivity index (χ2n) is 17.1. The van der Waals surface area contributed by atoms with E-state index in [0.717, 1.165) is 32.1 Å². The van der Waals surface area contributed by atoms with E-state index in [-0.39, 0.29) is 64.9 Å². The zero-order valence-electron chi connectivity index (χ0n) is 27.0. The Hall–Kier alpha value is -1.14. The number of esters is 1. The van der Waals surface area contributed by atoms with Crippen molar-refractivity contribution < 1.29 is 49.3 Å². The third-order valence-corrected chi connectivity index (χ3v) is 15.1. The molecule has 1 aliphatic heterocycles. The second-order valence-corrected chi connectivity index (χ2v) is 17.1. The first kappa shape index (κ1) is 31.5. The fourth-order valence-corrected chi connectivity index (χ4v) is 13.5. The van der Waals surface area contributed by atoms with Crippen molar-refractivity contribution in [2.75, 3.05) is 6.61 Å². The predicted octanol–water partition coefficient (Wildman–Crippen LogP) is 2.10. The van der Waals surface area contributed by atoms with E-state index in [2.05, 4.69) is 27.7 Å². The molecular formula is C34H52O10. The normalized spacial score (nSPS) is 59.0. The van der Waals surface area contributed by atoms with Crippen molar-refractivity contribution in [2.24, 2.45) is 50.7 Å². The van der Waals surface area contributed by atoms with Crippen LogP contribution in [0.3, 0.4) is 0 Å². The van der Waals surface area contributed by atoms with Crippen LogP contribution in [-0.4, -0.2) is 92.4 Å². The highest BCUT2D eigenvalue weighted by Gasteiger charge is 2.87. The molecule has 1 saturated heterocycles. The molecule has 0 unspecified atom stereocenters. The number of aliphatic hydroxyl groups is 5. The van der Waals surface area contributed by atoms with Crippen LogP contribution in [0.25, 0.3) is 0 Å². The Morgan fingerprint density at radius 2 is 1.61 bits per heavy atom. The summed E-state index contributed by atoms with van der Waals surface area (Å²) in [5.41, 5.74) is -3.03. The number of carbonyl (C=O) groups is 2. The lowest BCUT2D eigenvalue weighted by molar-refractivity contribution is -0.303. The van der Waals surface area contributed by atoms with E-state index < -0.39 is 53.2 Å². The minimum Gasteiger partial charge on any atom is -0.462 e. The number of aliphatic hydroxyl groups excluding tert-OH is 4. The van der Waals surface area contributed by atoms with Crippen LogP contribution in [0.2, 0.25) is 0 Å². The van der Waals surface area contributed by atoms with Gasteiger partial charge in [0, 0.05) is 24.7 Å². The van der Waals surface area contributed by atoms with E-state index in [9.17, 15) is 35.1 Å². The third-order valence-electron chi connectivity index (χ3n) is 15.1. The molecule has 7 fully saturated rings. The quantitative estimate of drug-likeness (QED) is 0.233. The number of ether oxygens (including phenoxy) is 3.